The van der Waals surface area contributed by atoms with E-state index in [-0.39, 0.29) is 24.2 Å². The van der Waals surface area contributed by atoms with Crippen LogP contribution in [0.5, 0.6) is 0 Å². The van der Waals surface area contributed by atoms with Gasteiger partial charge in [0.05, 0.1) is 34.3 Å². The quantitative estimate of drug-likeness (QED) is 0.677. The number of carbonyl (C=O) groups is 1. The smallest absolute Gasteiger partial charge is 0.337 e. The molecule has 3 N–H and O–H groups in total. The molecule has 6 nitrogen and oxygen atoms in total. The molecule has 2 aliphatic rings. The van der Waals surface area contributed by atoms with Gasteiger partial charge in [0.1, 0.15) is 6.17 Å². The van der Waals surface area contributed by atoms with Crippen molar-refractivity contribution in [3.8, 4) is 6.07 Å². The topological polar surface area (TPSA) is 88.4 Å². The molecule has 1 saturated heterocycles. The van der Waals surface area contributed by atoms with Crippen LogP contribution in [0, 0.1) is 17.2 Å². The zero-order chi connectivity index (χ0) is 20.5. The normalized spacial score (nSPS) is 23.8. The van der Waals surface area contributed by atoms with Crippen LogP contribution in [-0.4, -0.2) is 29.3 Å². The number of para-hydroxylation sites is 3. The SMILES string of the molecule is CC1CC(C=C(C#N)C2Nc3ccccc3N2)C(C)N1c1ccccc1C(=O)O. The van der Waals surface area contributed by atoms with Gasteiger partial charge in [-0.05, 0) is 44.5 Å². The number of nitrogens with zero attached hydrogens (tertiary/aromatic N) is 2. The molecule has 0 amide bonds. The van der Waals surface area contributed by atoms with Crippen LogP contribution in [0.1, 0.15) is 30.6 Å². The summed E-state index contributed by atoms with van der Waals surface area (Å²) in [6.45, 7) is 4.21. The minimum Gasteiger partial charge on any atom is -0.478 e. The molecular formula is C23H24N4O2. The van der Waals surface area contributed by atoms with Gasteiger partial charge in [-0.2, -0.15) is 5.26 Å². The summed E-state index contributed by atoms with van der Waals surface area (Å²) in [6.07, 6.45) is 2.65. The Bertz CT molecular complexity index is 985. The minimum absolute atomic E-state index is 0.0811. The molecule has 0 aliphatic carbocycles. The van der Waals surface area contributed by atoms with Crippen molar-refractivity contribution in [1.29, 1.82) is 5.26 Å². The Balaban J connectivity index is 1.59. The summed E-state index contributed by atoms with van der Waals surface area (Å²) in [7, 11) is 0. The highest BCUT2D eigenvalue weighted by Crippen LogP contribution is 2.38. The summed E-state index contributed by atoms with van der Waals surface area (Å²) < 4.78 is 0. The lowest BCUT2D eigenvalue weighted by Crippen LogP contribution is -2.35. The predicted octanol–water partition coefficient (Wildman–Crippen LogP) is 4.30. The lowest BCUT2D eigenvalue weighted by Gasteiger charge is -2.31. The summed E-state index contributed by atoms with van der Waals surface area (Å²) in [6, 6.07) is 17.6. The molecule has 2 aromatic rings. The maximum Gasteiger partial charge on any atom is 0.337 e. The summed E-state index contributed by atoms with van der Waals surface area (Å²) >= 11 is 0. The number of rotatable bonds is 4. The molecule has 0 aromatic heterocycles. The summed E-state index contributed by atoms with van der Waals surface area (Å²) in [5, 5.41) is 26.1. The van der Waals surface area contributed by atoms with Crippen molar-refractivity contribution < 1.29 is 9.90 Å². The number of nitrogens with one attached hydrogen (secondary N) is 2. The fourth-order valence-corrected chi connectivity index (χ4v) is 4.52. The van der Waals surface area contributed by atoms with Crippen molar-refractivity contribution >= 4 is 23.0 Å². The van der Waals surface area contributed by atoms with E-state index in [1.54, 1.807) is 12.1 Å². The van der Waals surface area contributed by atoms with Gasteiger partial charge in [0.2, 0.25) is 0 Å². The van der Waals surface area contributed by atoms with E-state index >= 15 is 0 Å². The molecule has 2 aliphatic heterocycles. The Morgan fingerprint density at radius 2 is 1.76 bits per heavy atom. The van der Waals surface area contributed by atoms with Gasteiger partial charge >= 0.3 is 5.97 Å². The van der Waals surface area contributed by atoms with Crippen LogP contribution < -0.4 is 15.5 Å². The number of carboxylic acid groups (broad SMARTS) is 1. The van der Waals surface area contributed by atoms with Crippen molar-refractivity contribution in [3.05, 3.63) is 65.7 Å². The molecule has 3 atom stereocenters. The van der Waals surface area contributed by atoms with E-state index < -0.39 is 5.97 Å². The summed E-state index contributed by atoms with van der Waals surface area (Å²) in [5.41, 5.74) is 3.68. The van der Waals surface area contributed by atoms with Crippen LogP contribution in [0.25, 0.3) is 0 Å². The molecule has 2 heterocycles. The van der Waals surface area contributed by atoms with Crippen LogP contribution in [0.2, 0.25) is 0 Å². The number of fused-ring (bicyclic) bond motifs is 1. The molecule has 3 unspecified atom stereocenters. The number of nitriles is 1. The standard InChI is InChI=1S/C23H24N4O2/c1-14-11-16(15(2)27(14)21-10-6-3-7-18(21)23(28)29)12-17(13-24)22-25-19-8-4-5-9-20(19)26-22/h3-10,12,14-16,22,25-26H,11H2,1-2H3,(H,28,29). The van der Waals surface area contributed by atoms with Crippen molar-refractivity contribution in [2.45, 2.75) is 38.5 Å². The molecule has 4 rings (SSSR count). The first-order valence-electron chi connectivity index (χ1n) is 9.84. The van der Waals surface area contributed by atoms with Gasteiger partial charge < -0.3 is 20.6 Å². The van der Waals surface area contributed by atoms with Gasteiger partial charge in [-0.25, -0.2) is 4.79 Å². The number of hydrogen-bond acceptors (Lipinski definition) is 5. The molecule has 148 valence electrons. The van der Waals surface area contributed by atoms with E-state index in [0.29, 0.717) is 11.1 Å². The van der Waals surface area contributed by atoms with Crippen LogP contribution in [0.4, 0.5) is 17.1 Å². The molecule has 2 aromatic carbocycles. The van der Waals surface area contributed by atoms with Gasteiger partial charge in [0, 0.05) is 18.0 Å². The van der Waals surface area contributed by atoms with Crippen molar-refractivity contribution in [1.82, 2.24) is 0 Å². The number of carboxylic acids is 1. The molecule has 0 spiro atoms. The first kappa shape index (κ1) is 18.9. The maximum absolute atomic E-state index is 11.7. The lowest BCUT2D eigenvalue weighted by atomic mass is 9.96. The molecular weight excluding hydrogens is 364 g/mol. The Labute approximate surface area is 170 Å². The summed E-state index contributed by atoms with van der Waals surface area (Å²) in [4.78, 5) is 13.9. The second kappa shape index (κ2) is 7.51. The number of benzene rings is 2. The van der Waals surface area contributed by atoms with Crippen LogP contribution in [-0.2, 0) is 0 Å². The maximum atomic E-state index is 11.7. The van der Waals surface area contributed by atoms with Crippen LogP contribution in [0.3, 0.4) is 0 Å². The molecule has 1 fully saturated rings. The number of anilines is 3. The van der Waals surface area contributed by atoms with Gasteiger partial charge in [-0.3, -0.25) is 0 Å². The Morgan fingerprint density at radius 1 is 1.14 bits per heavy atom. The van der Waals surface area contributed by atoms with Crippen molar-refractivity contribution in [2.75, 3.05) is 15.5 Å². The van der Waals surface area contributed by atoms with E-state index in [0.717, 1.165) is 23.5 Å². The zero-order valence-corrected chi connectivity index (χ0v) is 16.5. The Hall–Kier alpha value is -3.46. The monoisotopic (exact) mass is 388 g/mol. The number of hydrogen-bond donors (Lipinski definition) is 3. The largest absolute Gasteiger partial charge is 0.478 e. The van der Waals surface area contributed by atoms with E-state index in [9.17, 15) is 15.2 Å². The van der Waals surface area contributed by atoms with Gasteiger partial charge in [-0.15, -0.1) is 0 Å². The van der Waals surface area contributed by atoms with Gasteiger partial charge in [0.25, 0.3) is 0 Å². The van der Waals surface area contributed by atoms with E-state index in [1.807, 2.05) is 42.5 Å². The minimum atomic E-state index is -0.922. The third-order valence-electron chi connectivity index (χ3n) is 5.92. The first-order valence-corrected chi connectivity index (χ1v) is 9.84. The van der Waals surface area contributed by atoms with E-state index in [4.69, 9.17) is 0 Å². The van der Waals surface area contributed by atoms with Crippen molar-refractivity contribution in [3.63, 3.8) is 0 Å². The molecule has 0 radical (unpaired) electrons. The average Bonchev–Trinajstić information content (AvgIpc) is 3.26. The average molecular weight is 388 g/mol. The fourth-order valence-electron chi connectivity index (χ4n) is 4.52. The van der Waals surface area contributed by atoms with E-state index in [2.05, 4.69) is 35.5 Å². The van der Waals surface area contributed by atoms with Gasteiger partial charge in [-0.1, -0.05) is 30.3 Å². The number of aromatic carboxylic acids is 1. The Kier molecular flexibility index (Phi) is 4.89. The Morgan fingerprint density at radius 3 is 2.38 bits per heavy atom. The fraction of sp³-hybridized carbons (Fsp3) is 0.304. The van der Waals surface area contributed by atoms with Crippen LogP contribution in [0.15, 0.2) is 60.2 Å². The zero-order valence-electron chi connectivity index (χ0n) is 16.5. The third kappa shape index (κ3) is 3.40. The lowest BCUT2D eigenvalue weighted by molar-refractivity contribution is 0.0697. The predicted molar refractivity (Wildman–Crippen MR) is 114 cm³/mol. The highest BCUT2D eigenvalue weighted by atomic mass is 16.4. The van der Waals surface area contributed by atoms with Gasteiger partial charge in [0.15, 0.2) is 0 Å². The second-order valence-corrected chi connectivity index (χ2v) is 7.72. The van der Waals surface area contributed by atoms with Crippen molar-refractivity contribution in [2.24, 2.45) is 5.92 Å². The van der Waals surface area contributed by atoms with Crippen LogP contribution >= 0.6 is 0 Å². The second-order valence-electron chi connectivity index (χ2n) is 7.72. The summed E-state index contributed by atoms with van der Waals surface area (Å²) in [5.74, 6) is -0.775. The molecule has 29 heavy (non-hydrogen) atoms. The van der Waals surface area contributed by atoms with E-state index in [1.165, 1.54) is 0 Å². The molecule has 6 heteroatoms. The highest BCUT2D eigenvalue weighted by Gasteiger charge is 2.37. The third-order valence-corrected chi connectivity index (χ3v) is 5.92. The molecule has 0 saturated carbocycles. The molecule has 0 bridgehead atoms. The highest BCUT2D eigenvalue weighted by molar-refractivity contribution is 5.94. The first-order chi connectivity index (χ1) is 14.0.